The Morgan fingerprint density at radius 3 is 1.18 bits per heavy atom. The van der Waals surface area contributed by atoms with Gasteiger partial charge in [-0.25, -0.2) is 17.6 Å². The molecule has 40 heteroatoms. The van der Waals surface area contributed by atoms with Gasteiger partial charge < -0.3 is 88.5 Å². The average Bonchev–Trinajstić information content (AvgIpc) is 0.841. The predicted octanol–water partition coefficient (Wildman–Crippen LogP) is 13.9. The van der Waals surface area contributed by atoms with Crippen LogP contribution in [0, 0.1) is 49.3 Å². The van der Waals surface area contributed by atoms with Crippen molar-refractivity contribution in [3.8, 4) is 74.7 Å². The summed E-state index contributed by atoms with van der Waals surface area (Å²) < 4.78 is 105. The molecule has 0 radical (unpaired) electrons. The minimum atomic E-state index is -1.03. The Balaban J connectivity index is -0.000000419. The summed E-state index contributed by atoms with van der Waals surface area (Å²) in [6.07, 6.45) is 0. The van der Waals surface area contributed by atoms with Crippen LogP contribution < -0.4 is 187 Å². The standard InChI is InChI=1S/C14H12FNO2.C12H8FNO3.C12H10FNO.C9H11BrO2.C9H12O3.C8H9BrO2.C6H3F2NO2.C6H6O.C2H3ClO.C2H6S.CH2O3.Br3P.2K.Na.H/c1-10(17)16-13-9-11(15)7-8-14(13)18-12-5-3-2-4-6-12;13-9-6-7-12(11(8-9)14(15)16)17-10-4-2-1-3-5-10;13-9-6-7-12(11(14)8-9)15-10-4-2-1-3-5-10;2*1-11-8-3-4-9(12-2)7(5-8)6-10;1-11-7-2-3-8(10)6(4-7)5-9;7-4-1-2-5(8)6(3-4)9(10)11;7-6-4-2-1-3-5-6;1-2(3)4;1-2-3;2-1-4-3;1-4(2)3;;;;/h2-9H,1H3,(H,16,17);1-8H;1-8H,14H2;3-5H,6H2,1-2H3;3-5,10H,6H2,1-2H3;2-4,10H,5H2,1H3;1-3H;1-5,7H;1H3;3H,2H2,1H3;1,3H;;;;;/q;;;;;;;;;;;;3*+1;-1/p-2. The van der Waals surface area contributed by atoms with Gasteiger partial charge in [-0.05, 0) is 210 Å². The number of nitrogens with one attached hydrogen (secondary N) is 1. The molecule has 0 bridgehead atoms. The second kappa shape index (κ2) is 74.2. The first-order chi connectivity index (χ1) is 56.3. The minimum Gasteiger partial charge on any atom is -1.00 e. The molecular formula is C81H81Br5ClF5K2N4NaO20PS. The van der Waals surface area contributed by atoms with Crippen LogP contribution in [0.5, 0.6) is 74.7 Å². The topological polar surface area (TPSA) is 342 Å². The molecule has 11 rings (SSSR count). The van der Waals surface area contributed by atoms with E-state index in [2.05, 4.69) is 113 Å². The number of benzene rings is 11. The molecule has 636 valence electrons. The van der Waals surface area contributed by atoms with Crippen LogP contribution in [0.3, 0.4) is 0 Å². The van der Waals surface area contributed by atoms with Gasteiger partial charge in [0.1, 0.15) is 84.8 Å². The first kappa shape index (κ1) is 121. The number of rotatable bonds is 18. The van der Waals surface area contributed by atoms with E-state index in [4.69, 9.17) is 63.9 Å². The Morgan fingerprint density at radius 1 is 0.512 bits per heavy atom. The van der Waals surface area contributed by atoms with Crippen molar-refractivity contribution in [1.29, 1.82) is 0 Å². The number of nitro benzene ring substituents is 2. The number of ether oxygens (including phenoxy) is 8. The van der Waals surface area contributed by atoms with E-state index >= 15 is 0 Å². The fraction of sp³-hybridized carbons (Fsp3) is 0.148. The number of aliphatic hydroxyl groups is 1. The number of phenols is 2. The second-order valence-corrected chi connectivity index (χ2v) is 38.8. The van der Waals surface area contributed by atoms with E-state index in [0.717, 1.165) is 69.0 Å². The molecule has 0 heterocycles. The number of methoxy groups -OCH3 is 5. The Morgan fingerprint density at radius 2 is 0.835 bits per heavy atom. The number of aliphatic hydroxyl groups excluding tert-OH is 1. The molecule has 0 atom stereocenters. The van der Waals surface area contributed by atoms with Gasteiger partial charge in [-0.2, -0.15) is 10.1 Å². The van der Waals surface area contributed by atoms with E-state index in [1.165, 1.54) is 56.3 Å². The minimum absolute atomic E-state index is 0. The molecule has 0 unspecified atom stereocenters. The third-order valence-electron chi connectivity index (χ3n) is 12.9. The number of hydrogen-bond donors (Lipinski definition) is 5. The number of anilines is 2. The van der Waals surface area contributed by atoms with Crippen molar-refractivity contribution in [3.05, 3.63) is 315 Å². The Labute approximate surface area is 858 Å². The van der Waals surface area contributed by atoms with Crippen LogP contribution in [0.2, 0.25) is 0 Å². The smallest absolute Gasteiger partial charge is 1.00 e. The van der Waals surface area contributed by atoms with Crippen LogP contribution in [0.4, 0.5) is 44.7 Å². The Bertz CT molecular complexity index is 4680. The van der Waals surface area contributed by atoms with Crippen molar-refractivity contribution in [2.24, 2.45) is 0 Å². The molecule has 1 amide bonds. The van der Waals surface area contributed by atoms with E-state index < -0.39 is 44.5 Å². The Kier molecular flexibility index (Phi) is 74.4. The van der Waals surface area contributed by atoms with Gasteiger partial charge in [0.2, 0.25) is 22.7 Å². The number of aromatic hydroxyl groups is 2. The molecule has 0 aromatic heterocycles. The zero-order valence-electron chi connectivity index (χ0n) is 67.8. The van der Waals surface area contributed by atoms with Gasteiger partial charge in [0, 0.05) is 53.3 Å². The molecular weight excluding hydrogens is 2040 g/mol. The molecule has 0 spiro atoms. The third-order valence-corrected chi connectivity index (χ3v) is 14.1. The number of carbonyl (C=O) groups excluding carboxylic acids is 3. The van der Waals surface area contributed by atoms with Crippen LogP contribution >= 0.6 is 94.0 Å². The van der Waals surface area contributed by atoms with E-state index in [9.17, 15) is 56.9 Å². The van der Waals surface area contributed by atoms with Crippen molar-refractivity contribution in [3.63, 3.8) is 0 Å². The van der Waals surface area contributed by atoms with E-state index in [1.807, 2.05) is 79.7 Å². The summed E-state index contributed by atoms with van der Waals surface area (Å²) in [5.41, 5.74) is 7.63. The number of hydrogen-bond acceptors (Lipinski definition) is 22. The first-order valence-electron chi connectivity index (χ1n) is 33.1. The zero-order chi connectivity index (χ0) is 88.9. The van der Waals surface area contributed by atoms with Gasteiger partial charge in [-0.3, -0.25) is 34.6 Å². The normalized spacial score (nSPS) is 9.08. The maximum absolute atomic E-state index is 13.1. The van der Waals surface area contributed by atoms with Gasteiger partial charge in [0.25, 0.3) is 6.47 Å². The molecule has 11 aromatic rings. The summed E-state index contributed by atoms with van der Waals surface area (Å²) in [5, 5.41) is 59.5. The van der Waals surface area contributed by atoms with Gasteiger partial charge in [0.15, 0.2) is 11.5 Å². The molecule has 0 aliphatic carbocycles. The van der Waals surface area contributed by atoms with Crippen molar-refractivity contribution in [1.82, 2.24) is 0 Å². The second-order valence-electron chi connectivity index (χ2n) is 21.2. The fourth-order valence-electron chi connectivity index (χ4n) is 7.90. The van der Waals surface area contributed by atoms with Crippen LogP contribution in [0.25, 0.3) is 0 Å². The number of nitrogens with zero attached hydrogens (tertiary/aromatic N) is 2. The molecule has 0 saturated heterocycles. The first-order valence-corrected chi connectivity index (χ1v) is 43.7. The van der Waals surface area contributed by atoms with Gasteiger partial charge >= 0.3 is 144 Å². The molecule has 6 N–H and O–H groups in total. The molecule has 0 aliphatic rings. The molecule has 0 fully saturated rings. The fourth-order valence-corrected chi connectivity index (χ4v) is 8.79. The largest absolute Gasteiger partial charge is 1.00 e. The van der Waals surface area contributed by atoms with Gasteiger partial charge in [0.05, 0.1) is 75.5 Å². The summed E-state index contributed by atoms with van der Waals surface area (Å²) in [7, 11) is 8.07. The summed E-state index contributed by atoms with van der Waals surface area (Å²) in [5.74, 6) is 4.38. The molecule has 11 aromatic carbocycles. The van der Waals surface area contributed by atoms with Crippen molar-refractivity contribution < 1.29 is 243 Å². The monoisotopic (exact) mass is 2120 g/mol. The van der Waals surface area contributed by atoms with E-state index in [0.29, 0.717) is 74.8 Å². The molecule has 24 nitrogen and oxygen atoms in total. The zero-order valence-corrected chi connectivity index (χ0v) is 85.5. The van der Waals surface area contributed by atoms with Crippen LogP contribution in [0.15, 0.2) is 249 Å². The number of nitrogens with two attached hydrogens (primary N) is 1. The van der Waals surface area contributed by atoms with Crippen LogP contribution in [-0.4, -0.2) is 84.1 Å². The van der Waals surface area contributed by atoms with Crippen molar-refractivity contribution >= 4 is 147 Å². The number of halogens is 11. The molecule has 121 heavy (non-hydrogen) atoms. The SMILES string of the molecule is BrP(Br)Br.CC(=O)Cl.CC(=O)Nc1cc(F)ccc1Oc1ccccc1.CC[S-].COc1ccc(O)c(CBr)c1.COc1ccc(OC)c(CBr)c1.COc1ccc(OC)c(CO)c1.Nc1cc(F)ccc1Oc1ccccc1.O=CO[O-].O=[N+]([O-])c1cc(F)ccc1F.O=[N+]([O-])c1cc(F)ccc1Oc1ccccc1.Oc1ccccc1.[H-].[K+].[K+].[Na+]. The summed E-state index contributed by atoms with van der Waals surface area (Å²) in [4.78, 5) is 50.5. The number of amides is 1. The van der Waals surface area contributed by atoms with Crippen molar-refractivity contribution in [2.75, 3.05) is 52.4 Å². The summed E-state index contributed by atoms with van der Waals surface area (Å²) in [6.45, 7) is 4.37. The number of para-hydroxylation sites is 4. The number of alkyl halides is 2. The summed E-state index contributed by atoms with van der Waals surface area (Å²) in [6, 6.07) is 65.1. The number of carbonyl (C=O) groups is 3. The van der Waals surface area contributed by atoms with Crippen LogP contribution in [0.1, 0.15) is 38.9 Å². The third kappa shape index (κ3) is 57.2. The maximum atomic E-state index is 13.1. The van der Waals surface area contributed by atoms with E-state index in [1.54, 1.807) is 139 Å². The maximum Gasteiger partial charge on any atom is 1.00 e. The average molecular weight is 2120 g/mol. The number of nitrogen functional groups attached to an aromatic ring is 1. The summed E-state index contributed by atoms with van der Waals surface area (Å²) >= 11 is 25.2. The number of nitro groups is 2. The van der Waals surface area contributed by atoms with Gasteiger partial charge in [-0.1, -0.05) is 112 Å². The number of phenolic OH excluding ortho intramolecular Hbond substituents is 2. The quantitative estimate of drug-likeness (QED) is 0.00455. The van der Waals surface area contributed by atoms with E-state index in [-0.39, 0.29) is 174 Å². The van der Waals surface area contributed by atoms with Crippen molar-refractivity contribution in [2.45, 2.75) is 38.0 Å². The molecule has 0 aliphatic heterocycles. The van der Waals surface area contributed by atoms with Gasteiger partial charge in [-0.15, -0.1) is 0 Å². The Hall–Kier alpha value is -6.06. The molecule has 0 saturated carbocycles. The predicted molar refractivity (Wildman–Crippen MR) is 467 cm³/mol. The van der Waals surface area contributed by atoms with Crippen LogP contribution in [-0.2, 0) is 49.2 Å².